The molecule has 1 rings (SSSR count). The Morgan fingerprint density at radius 1 is 0.926 bits per heavy atom. The first kappa shape index (κ1) is 23.2. The normalized spacial score (nSPS) is 14.1. The highest BCUT2D eigenvalue weighted by molar-refractivity contribution is 7.88. The van der Waals surface area contributed by atoms with E-state index in [4.69, 9.17) is 4.55 Å². The van der Waals surface area contributed by atoms with Gasteiger partial charge in [-0.15, -0.1) is 0 Å². The van der Waals surface area contributed by atoms with Gasteiger partial charge in [-0.2, -0.15) is 43.2 Å². The van der Waals surface area contributed by atoms with Crippen LogP contribution in [0.15, 0.2) is 12.1 Å². The van der Waals surface area contributed by atoms with Gasteiger partial charge >= 0.3 is 36.7 Å². The summed E-state index contributed by atoms with van der Waals surface area (Å²) in [7, 11) is -14.0. The molecule has 1 aromatic rings. The van der Waals surface area contributed by atoms with E-state index in [0.29, 0.717) is 12.4 Å². The quantitative estimate of drug-likeness (QED) is 0.297. The molecule has 0 aliphatic heterocycles. The van der Waals surface area contributed by atoms with Crippen LogP contribution in [0.1, 0.15) is 21.5 Å². The van der Waals surface area contributed by atoms with Gasteiger partial charge in [-0.3, -0.25) is 9.35 Å². The van der Waals surface area contributed by atoms with Gasteiger partial charge in [0.15, 0.2) is 0 Å². The van der Waals surface area contributed by atoms with Crippen molar-refractivity contribution in [2.24, 2.45) is 0 Å². The standard InChI is InChI=1S/C12H10F6O7S2/c1-6-4-9(7(2)3-8(6)5-19)25-27(23,24)12(17,18)10(13,14)11(15,16)26(20,21)22/h3-5H,1-2H3,(H,20,21,22). The summed E-state index contributed by atoms with van der Waals surface area (Å²) in [6.07, 6.45) is 0.302. The number of hydrogen-bond donors (Lipinski definition) is 1. The fraction of sp³-hybridized carbons (Fsp3) is 0.417. The maximum absolute atomic E-state index is 13.7. The van der Waals surface area contributed by atoms with Crippen LogP contribution < -0.4 is 4.18 Å². The van der Waals surface area contributed by atoms with Gasteiger partial charge < -0.3 is 4.18 Å². The molecule has 0 saturated heterocycles. The SMILES string of the molecule is Cc1cc(OS(=O)(=O)C(F)(F)C(F)(F)C(F)(F)S(=O)(=O)O)c(C)cc1C=O. The summed E-state index contributed by atoms with van der Waals surface area (Å²) in [6, 6.07) is 1.63. The fourth-order valence-electron chi connectivity index (χ4n) is 1.69. The van der Waals surface area contributed by atoms with Crippen LogP contribution in [0.5, 0.6) is 5.75 Å². The molecule has 0 fully saturated rings. The average molecular weight is 444 g/mol. The van der Waals surface area contributed by atoms with Gasteiger partial charge in [0.05, 0.1) is 0 Å². The van der Waals surface area contributed by atoms with Crippen molar-refractivity contribution in [3.63, 3.8) is 0 Å². The van der Waals surface area contributed by atoms with Crippen LogP contribution >= 0.6 is 0 Å². The molecule has 0 saturated carbocycles. The van der Waals surface area contributed by atoms with Crippen LogP contribution in [0.25, 0.3) is 0 Å². The Hall–Kier alpha value is -1.87. The van der Waals surface area contributed by atoms with E-state index in [9.17, 15) is 48.0 Å². The number of benzene rings is 1. The lowest BCUT2D eigenvalue weighted by atomic mass is 10.1. The van der Waals surface area contributed by atoms with Crippen LogP contribution in [0.4, 0.5) is 26.3 Å². The molecule has 0 amide bonds. The first-order chi connectivity index (χ1) is 11.8. The Bertz CT molecular complexity index is 970. The van der Waals surface area contributed by atoms with Crippen molar-refractivity contribution >= 4 is 26.5 Å². The number of aldehydes is 1. The number of carbonyl (C=O) groups is 1. The van der Waals surface area contributed by atoms with Crippen molar-refractivity contribution in [1.29, 1.82) is 0 Å². The largest absolute Gasteiger partial charge is 0.450 e. The van der Waals surface area contributed by atoms with Gasteiger partial charge in [-0.1, -0.05) is 0 Å². The molecule has 0 spiro atoms. The van der Waals surface area contributed by atoms with E-state index in [1.807, 2.05) is 0 Å². The minimum atomic E-state index is -7.12. The Morgan fingerprint density at radius 2 is 1.41 bits per heavy atom. The molecule has 1 N–H and O–H groups in total. The van der Waals surface area contributed by atoms with Crippen LogP contribution in [-0.2, 0) is 20.2 Å². The summed E-state index contributed by atoms with van der Waals surface area (Å²) in [6.45, 7) is 2.22. The number of carbonyl (C=O) groups excluding carboxylic acids is 1. The monoisotopic (exact) mass is 444 g/mol. The van der Waals surface area contributed by atoms with Crippen LogP contribution in [0.2, 0.25) is 0 Å². The summed E-state index contributed by atoms with van der Waals surface area (Å²) in [5.41, 5.74) is -0.377. The third-order valence-electron chi connectivity index (χ3n) is 3.26. The van der Waals surface area contributed by atoms with Gasteiger partial charge in [0, 0.05) is 5.56 Å². The van der Waals surface area contributed by atoms with Crippen molar-refractivity contribution < 1.29 is 56.7 Å². The zero-order chi connectivity index (χ0) is 21.6. The Labute approximate surface area is 148 Å². The minimum Gasteiger partial charge on any atom is -0.378 e. The third kappa shape index (κ3) is 3.62. The van der Waals surface area contributed by atoms with Crippen LogP contribution in [-0.4, -0.2) is 44.1 Å². The number of aryl methyl sites for hydroxylation is 2. The molecule has 154 valence electrons. The molecule has 0 bridgehead atoms. The van der Waals surface area contributed by atoms with Gasteiger partial charge in [0.2, 0.25) is 0 Å². The first-order valence-electron chi connectivity index (χ1n) is 6.44. The molecule has 0 aliphatic carbocycles. The zero-order valence-corrected chi connectivity index (χ0v) is 14.8. The molecular weight excluding hydrogens is 434 g/mol. The number of hydrogen-bond acceptors (Lipinski definition) is 6. The Balaban J connectivity index is 3.50. The van der Waals surface area contributed by atoms with Gasteiger partial charge in [-0.05, 0) is 37.1 Å². The molecule has 0 aliphatic rings. The summed E-state index contributed by atoms with van der Waals surface area (Å²) in [5, 5.41) is -13.6. The van der Waals surface area contributed by atoms with Gasteiger partial charge in [0.25, 0.3) is 0 Å². The second-order valence-electron chi connectivity index (χ2n) is 5.21. The average Bonchev–Trinajstić information content (AvgIpc) is 2.48. The first-order valence-corrected chi connectivity index (χ1v) is 9.29. The molecular formula is C12H10F6O7S2. The minimum absolute atomic E-state index is 0.0286. The zero-order valence-electron chi connectivity index (χ0n) is 13.2. The van der Waals surface area contributed by atoms with E-state index in [2.05, 4.69) is 4.18 Å². The molecule has 27 heavy (non-hydrogen) atoms. The van der Waals surface area contributed by atoms with E-state index in [0.717, 1.165) is 13.0 Å². The van der Waals surface area contributed by atoms with Crippen molar-refractivity contribution in [3.05, 3.63) is 28.8 Å². The van der Waals surface area contributed by atoms with Crippen molar-refractivity contribution in [3.8, 4) is 5.75 Å². The summed E-state index contributed by atoms with van der Waals surface area (Å²) >= 11 is 0. The van der Waals surface area contributed by atoms with Crippen LogP contribution in [0, 0.1) is 13.8 Å². The topological polar surface area (TPSA) is 115 Å². The molecule has 7 nitrogen and oxygen atoms in total. The van der Waals surface area contributed by atoms with Gasteiger partial charge in [0.1, 0.15) is 12.0 Å². The highest BCUT2D eigenvalue weighted by Crippen LogP contribution is 2.51. The molecule has 15 heteroatoms. The number of rotatable bonds is 7. The van der Waals surface area contributed by atoms with Crippen LogP contribution in [0.3, 0.4) is 0 Å². The van der Waals surface area contributed by atoms with Crippen molar-refractivity contribution in [1.82, 2.24) is 0 Å². The second kappa shape index (κ2) is 6.63. The lowest BCUT2D eigenvalue weighted by Crippen LogP contribution is -2.61. The Morgan fingerprint density at radius 3 is 1.81 bits per heavy atom. The highest BCUT2D eigenvalue weighted by Gasteiger charge is 2.83. The number of halogens is 6. The predicted molar refractivity (Wildman–Crippen MR) is 77.2 cm³/mol. The Kier molecular flexibility index (Phi) is 5.69. The van der Waals surface area contributed by atoms with E-state index >= 15 is 0 Å². The summed E-state index contributed by atoms with van der Waals surface area (Å²) in [4.78, 5) is 10.7. The third-order valence-corrected chi connectivity index (χ3v) is 5.45. The lowest BCUT2D eigenvalue weighted by molar-refractivity contribution is -0.247. The van der Waals surface area contributed by atoms with Gasteiger partial charge in [-0.25, -0.2) is 0 Å². The summed E-state index contributed by atoms with van der Waals surface area (Å²) < 4.78 is 136. The molecule has 0 radical (unpaired) electrons. The van der Waals surface area contributed by atoms with Crippen molar-refractivity contribution in [2.45, 2.75) is 30.3 Å². The molecule has 0 unspecified atom stereocenters. The summed E-state index contributed by atoms with van der Waals surface area (Å²) in [5.74, 6) is -8.10. The molecule has 0 aromatic heterocycles. The van der Waals surface area contributed by atoms with E-state index < -0.39 is 42.4 Å². The number of alkyl halides is 6. The molecule has 0 atom stereocenters. The maximum Gasteiger partial charge on any atom is 0.450 e. The van der Waals surface area contributed by atoms with E-state index in [1.54, 1.807) is 0 Å². The highest BCUT2D eigenvalue weighted by atomic mass is 32.2. The second-order valence-corrected chi connectivity index (χ2v) is 8.26. The van der Waals surface area contributed by atoms with E-state index in [1.165, 1.54) is 6.92 Å². The van der Waals surface area contributed by atoms with E-state index in [-0.39, 0.29) is 16.7 Å². The fourth-order valence-corrected chi connectivity index (χ4v) is 3.17. The molecule has 0 heterocycles. The predicted octanol–water partition coefficient (Wildman–Crippen LogP) is 2.53. The lowest BCUT2D eigenvalue weighted by Gasteiger charge is -2.29. The smallest absolute Gasteiger partial charge is 0.378 e. The maximum atomic E-state index is 13.7. The van der Waals surface area contributed by atoms with Crippen molar-refractivity contribution in [2.75, 3.05) is 0 Å². The molecule has 1 aromatic carbocycles.